The van der Waals surface area contributed by atoms with Crippen LogP contribution in [0.15, 0.2) is 18.2 Å². The Hall–Kier alpha value is -1.26. The van der Waals surface area contributed by atoms with Crippen LogP contribution in [-0.2, 0) is 6.54 Å². The SMILES string of the molecule is COc1cccc(CN2CCN3CCCC3C2C2CCCCC2)c1OC. The van der Waals surface area contributed by atoms with Crippen molar-refractivity contribution in [1.29, 1.82) is 0 Å². The molecule has 3 aliphatic rings. The molecule has 0 radical (unpaired) electrons. The molecule has 2 unspecified atom stereocenters. The van der Waals surface area contributed by atoms with Crippen LogP contribution in [0.5, 0.6) is 11.5 Å². The lowest BCUT2D eigenvalue weighted by molar-refractivity contribution is -0.00416. The highest BCUT2D eigenvalue weighted by atomic mass is 16.5. The molecule has 0 bridgehead atoms. The first-order valence-corrected chi connectivity index (χ1v) is 10.5. The third-order valence-electron chi connectivity index (χ3n) is 6.90. The Morgan fingerprint density at radius 1 is 0.923 bits per heavy atom. The normalized spacial score (nSPS) is 28.1. The van der Waals surface area contributed by atoms with Gasteiger partial charge in [-0.3, -0.25) is 9.80 Å². The quantitative estimate of drug-likeness (QED) is 0.796. The molecular weight excluding hydrogens is 324 g/mol. The minimum atomic E-state index is 0.711. The van der Waals surface area contributed by atoms with E-state index in [9.17, 15) is 0 Å². The lowest BCUT2D eigenvalue weighted by atomic mass is 9.78. The van der Waals surface area contributed by atoms with E-state index in [1.54, 1.807) is 14.2 Å². The molecule has 1 aromatic carbocycles. The van der Waals surface area contributed by atoms with Crippen LogP contribution in [0.3, 0.4) is 0 Å². The van der Waals surface area contributed by atoms with E-state index in [2.05, 4.69) is 21.9 Å². The third-order valence-corrected chi connectivity index (χ3v) is 6.90. The Bertz CT molecular complexity index is 600. The molecule has 4 heteroatoms. The molecular formula is C22H34N2O2. The van der Waals surface area contributed by atoms with Gasteiger partial charge in [0.2, 0.25) is 0 Å². The zero-order valence-corrected chi connectivity index (χ0v) is 16.5. The Labute approximate surface area is 158 Å². The van der Waals surface area contributed by atoms with Crippen LogP contribution in [0.1, 0.15) is 50.5 Å². The second kappa shape index (κ2) is 8.18. The van der Waals surface area contributed by atoms with Crippen LogP contribution in [-0.4, -0.2) is 55.7 Å². The van der Waals surface area contributed by atoms with Crippen LogP contribution in [0.2, 0.25) is 0 Å². The molecule has 0 N–H and O–H groups in total. The van der Waals surface area contributed by atoms with Gasteiger partial charge < -0.3 is 9.47 Å². The number of methoxy groups -OCH3 is 2. The van der Waals surface area contributed by atoms with Crippen LogP contribution in [0.25, 0.3) is 0 Å². The molecule has 2 atom stereocenters. The van der Waals surface area contributed by atoms with Crippen LogP contribution < -0.4 is 9.47 Å². The number of hydrogen-bond acceptors (Lipinski definition) is 4. The van der Waals surface area contributed by atoms with Gasteiger partial charge in [-0.05, 0) is 44.2 Å². The molecule has 144 valence electrons. The minimum Gasteiger partial charge on any atom is -0.493 e. The first-order chi connectivity index (χ1) is 12.8. The molecule has 1 saturated carbocycles. The summed E-state index contributed by atoms with van der Waals surface area (Å²) in [5, 5.41) is 0. The van der Waals surface area contributed by atoms with Crippen molar-refractivity contribution in [2.75, 3.05) is 33.9 Å². The highest BCUT2D eigenvalue weighted by Gasteiger charge is 2.43. The van der Waals surface area contributed by atoms with Gasteiger partial charge in [0.25, 0.3) is 0 Å². The predicted octanol–water partition coefficient (Wildman–Crippen LogP) is 3.93. The number of nitrogens with zero attached hydrogens (tertiary/aromatic N) is 2. The van der Waals surface area contributed by atoms with Gasteiger partial charge in [-0.15, -0.1) is 0 Å². The van der Waals surface area contributed by atoms with Gasteiger partial charge in [0.15, 0.2) is 11.5 Å². The molecule has 0 amide bonds. The summed E-state index contributed by atoms with van der Waals surface area (Å²) >= 11 is 0. The summed E-state index contributed by atoms with van der Waals surface area (Å²) in [6.07, 6.45) is 9.87. The number of para-hydroxylation sites is 1. The second-order valence-electron chi connectivity index (χ2n) is 8.26. The van der Waals surface area contributed by atoms with E-state index in [0.717, 1.165) is 30.0 Å². The number of benzene rings is 1. The first-order valence-electron chi connectivity index (χ1n) is 10.5. The molecule has 2 saturated heterocycles. The Morgan fingerprint density at radius 3 is 2.54 bits per heavy atom. The van der Waals surface area contributed by atoms with E-state index in [0.29, 0.717) is 6.04 Å². The highest BCUT2D eigenvalue weighted by molar-refractivity contribution is 5.46. The summed E-state index contributed by atoms with van der Waals surface area (Å²) in [6.45, 7) is 4.69. The number of fused-ring (bicyclic) bond motifs is 1. The average Bonchev–Trinajstić information content (AvgIpc) is 3.17. The summed E-state index contributed by atoms with van der Waals surface area (Å²) in [5.41, 5.74) is 1.26. The number of hydrogen-bond donors (Lipinski definition) is 0. The molecule has 2 aliphatic heterocycles. The van der Waals surface area contributed by atoms with Crippen molar-refractivity contribution < 1.29 is 9.47 Å². The van der Waals surface area contributed by atoms with Crippen molar-refractivity contribution in [1.82, 2.24) is 9.80 Å². The Morgan fingerprint density at radius 2 is 1.77 bits per heavy atom. The number of piperazine rings is 1. The van der Waals surface area contributed by atoms with Gasteiger partial charge >= 0.3 is 0 Å². The largest absolute Gasteiger partial charge is 0.493 e. The van der Waals surface area contributed by atoms with Gasteiger partial charge in [-0.1, -0.05) is 31.4 Å². The fourth-order valence-corrected chi connectivity index (χ4v) is 5.74. The molecule has 4 nitrogen and oxygen atoms in total. The molecule has 0 aromatic heterocycles. The monoisotopic (exact) mass is 358 g/mol. The van der Waals surface area contributed by atoms with Crippen molar-refractivity contribution in [3.8, 4) is 11.5 Å². The van der Waals surface area contributed by atoms with E-state index >= 15 is 0 Å². The van der Waals surface area contributed by atoms with Crippen molar-refractivity contribution in [3.63, 3.8) is 0 Å². The van der Waals surface area contributed by atoms with E-state index in [1.165, 1.54) is 70.1 Å². The summed E-state index contributed by atoms with van der Waals surface area (Å²) in [5.74, 6) is 2.62. The van der Waals surface area contributed by atoms with E-state index in [-0.39, 0.29) is 0 Å². The van der Waals surface area contributed by atoms with E-state index in [1.807, 2.05) is 6.07 Å². The van der Waals surface area contributed by atoms with Gasteiger partial charge in [-0.25, -0.2) is 0 Å². The Balaban J connectivity index is 1.59. The average molecular weight is 359 g/mol. The third kappa shape index (κ3) is 3.46. The van der Waals surface area contributed by atoms with Gasteiger partial charge in [0, 0.05) is 37.3 Å². The van der Waals surface area contributed by atoms with Gasteiger partial charge in [0.1, 0.15) is 0 Å². The van der Waals surface area contributed by atoms with Crippen molar-refractivity contribution in [2.45, 2.75) is 63.6 Å². The smallest absolute Gasteiger partial charge is 0.165 e. The molecule has 0 spiro atoms. The molecule has 26 heavy (non-hydrogen) atoms. The molecule has 2 heterocycles. The Kier molecular flexibility index (Phi) is 5.70. The number of ether oxygens (including phenoxy) is 2. The maximum Gasteiger partial charge on any atom is 0.165 e. The maximum atomic E-state index is 5.71. The topological polar surface area (TPSA) is 24.9 Å². The fraction of sp³-hybridized carbons (Fsp3) is 0.727. The number of rotatable bonds is 5. The van der Waals surface area contributed by atoms with Crippen molar-refractivity contribution in [2.24, 2.45) is 5.92 Å². The zero-order valence-electron chi connectivity index (χ0n) is 16.5. The lowest BCUT2D eigenvalue weighted by Crippen LogP contribution is -2.59. The maximum absolute atomic E-state index is 5.71. The van der Waals surface area contributed by atoms with Gasteiger partial charge in [0.05, 0.1) is 14.2 Å². The zero-order chi connectivity index (χ0) is 17.9. The van der Waals surface area contributed by atoms with Crippen LogP contribution >= 0.6 is 0 Å². The van der Waals surface area contributed by atoms with Crippen LogP contribution in [0, 0.1) is 5.92 Å². The van der Waals surface area contributed by atoms with E-state index < -0.39 is 0 Å². The molecule has 3 fully saturated rings. The molecule has 1 aromatic rings. The highest BCUT2D eigenvalue weighted by Crippen LogP contribution is 2.39. The van der Waals surface area contributed by atoms with Crippen molar-refractivity contribution in [3.05, 3.63) is 23.8 Å². The summed E-state index contributed by atoms with van der Waals surface area (Å²) in [4.78, 5) is 5.55. The first kappa shape index (κ1) is 18.1. The summed E-state index contributed by atoms with van der Waals surface area (Å²) < 4.78 is 11.2. The fourth-order valence-electron chi connectivity index (χ4n) is 5.74. The molecule has 4 rings (SSSR count). The second-order valence-corrected chi connectivity index (χ2v) is 8.26. The van der Waals surface area contributed by atoms with Crippen molar-refractivity contribution >= 4 is 0 Å². The minimum absolute atomic E-state index is 0.711. The summed E-state index contributed by atoms with van der Waals surface area (Å²) in [7, 11) is 3.48. The molecule has 1 aliphatic carbocycles. The van der Waals surface area contributed by atoms with Crippen LogP contribution in [0.4, 0.5) is 0 Å². The summed E-state index contributed by atoms with van der Waals surface area (Å²) in [6, 6.07) is 7.78. The van der Waals surface area contributed by atoms with Gasteiger partial charge in [-0.2, -0.15) is 0 Å². The standard InChI is InChI=1S/C22H34N2O2/c1-25-20-12-6-10-18(22(20)26-2)16-24-15-14-23-13-7-11-19(23)21(24)17-8-4-3-5-9-17/h6,10,12,17,19,21H,3-5,7-9,11,13-16H2,1-2H3. The van der Waals surface area contributed by atoms with E-state index in [4.69, 9.17) is 9.47 Å². The lowest BCUT2D eigenvalue weighted by Gasteiger charge is -2.49. The predicted molar refractivity (Wildman–Crippen MR) is 105 cm³/mol.